The van der Waals surface area contributed by atoms with Crippen molar-refractivity contribution in [2.75, 3.05) is 13.1 Å². The molecule has 1 aromatic carbocycles. The molecule has 2 aromatic rings. The lowest BCUT2D eigenvalue weighted by Gasteiger charge is -2.15. The van der Waals surface area contributed by atoms with E-state index in [2.05, 4.69) is 14.4 Å². The number of carbonyl (C=O) groups is 1. The van der Waals surface area contributed by atoms with Gasteiger partial charge < -0.3 is 9.42 Å². The summed E-state index contributed by atoms with van der Waals surface area (Å²) < 4.78 is 19.0. The smallest absolute Gasteiger partial charge is 0.250 e. The number of allylic oxidation sites excluding steroid dienone is 3. The molecule has 1 aliphatic carbocycles. The molecule has 1 saturated heterocycles. The highest BCUT2D eigenvalue weighted by atomic mass is 31.0. The number of nitrogens with zero attached hydrogens (tertiary/aromatic N) is 2. The van der Waals surface area contributed by atoms with Gasteiger partial charge in [-0.25, -0.2) is 4.39 Å². The fraction of sp³-hybridized carbons (Fsp3) is 0.263. The third kappa shape index (κ3) is 2.93. The Bertz CT molecular complexity index is 895. The van der Waals surface area contributed by atoms with Gasteiger partial charge in [-0.3, -0.25) is 4.79 Å². The molecule has 0 bridgehead atoms. The molecule has 0 radical (unpaired) electrons. The number of amides is 1. The summed E-state index contributed by atoms with van der Waals surface area (Å²) in [6.45, 7) is 1.67. The van der Waals surface area contributed by atoms with Crippen LogP contribution in [0.15, 0.2) is 46.7 Å². The second kappa shape index (κ2) is 6.57. The van der Waals surface area contributed by atoms with E-state index in [0.717, 1.165) is 42.6 Å². The van der Waals surface area contributed by atoms with E-state index >= 15 is 0 Å². The van der Waals surface area contributed by atoms with Crippen molar-refractivity contribution in [1.29, 1.82) is 0 Å². The van der Waals surface area contributed by atoms with Gasteiger partial charge in [-0.15, -0.1) is 9.24 Å². The van der Waals surface area contributed by atoms with Gasteiger partial charge in [-0.2, -0.15) is 0 Å². The van der Waals surface area contributed by atoms with E-state index in [9.17, 15) is 9.18 Å². The van der Waals surface area contributed by atoms with E-state index in [-0.39, 0.29) is 11.7 Å². The molecule has 1 amide bonds. The fourth-order valence-electron chi connectivity index (χ4n) is 3.36. The maximum absolute atomic E-state index is 13.9. The van der Waals surface area contributed by atoms with Crippen molar-refractivity contribution in [3.8, 4) is 11.3 Å². The summed E-state index contributed by atoms with van der Waals surface area (Å²) in [6, 6.07) is 4.87. The van der Waals surface area contributed by atoms with Crippen molar-refractivity contribution < 1.29 is 13.7 Å². The molecule has 1 unspecified atom stereocenters. The van der Waals surface area contributed by atoms with Crippen LogP contribution in [0.3, 0.4) is 0 Å². The number of likely N-dealkylation sites (tertiary alicyclic amines) is 1. The van der Waals surface area contributed by atoms with Crippen LogP contribution in [0, 0.1) is 5.82 Å². The standard InChI is InChI=1S/C19H18FN2O2P/c20-16-5-3-4-14(18(16)25)17-15(11-24-21-17)12-6-7-13(10-12)19(23)22-8-1-2-9-22/h3-6,10-11H,1-2,7-9,25H2. The highest BCUT2D eigenvalue weighted by Crippen LogP contribution is 2.34. The zero-order valence-electron chi connectivity index (χ0n) is 13.7. The molecule has 1 aliphatic heterocycles. The minimum absolute atomic E-state index is 0.110. The molecular weight excluding hydrogens is 338 g/mol. The Labute approximate surface area is 147 Å². The number of hydrogen-bond donors (Lipinski definition) is 0. The molecule has 25 heavy (non-hydrogen) atoms. The number of halogens is 1. The van der Waals surface area contributed by atoms with Crippen LogP contribution in [-0.4, -0.2) is 29.1 Å². The molecule has 4 nitrogen and oxygen atoms in total. The Balaban J connectivity index is 1.65. The van der Waals surface area contributed by atoms with Crippen molar-refractivity contribution in [3.63, 3.8) is 0 Å². The molecule has 4 rings (SSSR count). The van der Waals surface area contributed by atoms with Crippen molar-refractivity contribution >= 4 is 26.0 Å². The maximum atomic E-state index is 13.9. The van der Waals surface area contributed by atoms with Crippen molar-refractivity contribution in [1.82, 2.24) is 10.1 Å². The highest BCUT2D eigenvalue weighted by molar-refractivity contribution is 7.28. The highest BCUT2D eigenvalue weighted by Gasteiger charge is 2.25. The molecule has 6 heteroatoms. The van der Waals surface area contributed by atoms with Crippen LogP contribution in [0.25, 0.3) is 16.8 Å². The van der Waals surface area contributed by atoms with Crippen LogP contribution in [0.4, 0.5) is 4.39 Å². The van der Waals surface area contributed by atoms with E-state index in [1.807, 2.05) is 23.1 Å². The molecule has 0 spiro atoms. The van der Waals surface area contributed by atoms with Crippen LogP contribution in [-0.2, 0) is 4.79 Å². The van der Waals surface area contributed by atoms with Gasteiger partial charge in [-0.1, -0.05) is 23.4 Å². The zero-order valence-corrected chi connectivity index (χ0v) is 14.8. The van der Waals surface area contributed by atoms with E-state index in [0.29, 0.717) is 23.0 Å². The van der Waals surface area contributed by atoms with Crippen LogP contribution in [0.1, 0.15) is 24.8 Å². The third-order valence-electron chi connectivity index (χ3n) is 4.73. The first-order valence-electron chi connectivity index (χ1n) is 8.34. The van der Waals surface area contributed by atoms with Gasteiger partial charge in [0, 0.05) is 35.1 Å². The summed E-state index contributed by atoms with van der Waals surface area (Å²) >= 11 is 0. The van der Waals surface area contributed by atoms with Gasteiger partial charge in [0.2, 0.25) is 5.91 Å². The number of hydrogen-bond acceptors (Lipinski definition) is 3. The minimum atomic E-state index is -0.308. The normalized spacial score (nSPS) is 17.0. The quantitative estimate of drug-likeness (QED) is 0.793. The summed E-state index contributed by atoms with van der Waals surface area (Å²) in [6.07, 6.45) is 8.21. The van der Waals surface area contributed by atoms with Gasteiger partial charge >= 0.3 is 0 Å². The second-order valence-electron chi connectivity index (χ2n) is 6.31. The van der Waals surface area contributed by atoms with Crippen molar-refractivity contribution in [2.24, 2.45) is 0 Å². The predicted octanol–water partition coefficient (Wildman–Crippen LogP) is 3.32. The second-order valence-corrected chi connectivity index (χ2v) is 6.89. The van der Waals surface area contributed by atoms with Crippen LogP contribution in [0.5, 0.6) is 0 Å². The van der Waals surface area contributed by atoms with Gasteiger partial charge in [0.25, 0.3) is 0 Å². The molecule has 1 fully saturated rings. The number of carbonyl (C=O) groups excluding carboxylic acids is 1. The maximum Gasteiger partial charge on any atom is 0.250 e. The van der Waals surface area contributed by atoms with Gasteiger partial charge in [0.05, 0.1) is 0 Å². The lowest BCUT2D eigenvalue weighted by molar-refractivity contribution is -0.126. The largest absolute Gasteiger partial charge is 0.363 e. The van der Waals surface area contributed by atoms with Gasteiger partial charge in [-0.05, 0) is 37.0 Å². The summed E-state index contributed by atoms with van der Waals surface area (Å²) in [7, 11) is 2.41. The first-order valence-corrected chi connectivity index (χ1v) is 8.92. The molecule has 2 heterocycles. The molecule has 2 aliphatic rings. The first kappa shape index (κ1) is 16.2. The fourth-order valence-corrected chi connectivity index (χ4v) is 3.69. The summed E-state index contributed by atoms with van der Waals surface area (Å²) in [5, 5.41) is 4.51. The summed E-state index contributed by atoms with van der Waals surface area (Å²) in [4.78, 5) is 14.5. The lowest BCUT2D eigenvalue weighted by Crippen LogP contribution is -2.28. The van der Waals surface area contributed by atoms with Crippen molar-refractivity contribution in [2.45, 2.75) is 19.3 Å². The Kier molecular flexibility index (Phi) is 4.26. The Hall–Kier alpha value is -2.26. The average molecular weight is 356 g/mol. The average Bonchev–Trinajstić information content (AvgIpc) is 3.37. The van der Waals surface area contributed by atoms with E-state index < -0.39 is 0 Å². The summed E-state index contributed by atoms with van der Waals surface area (Å²) in [5.74, 6) is -0.198. The zero-order chi connectivity index (χ0) is 17.4. The third-order valence-corrected chi connectivity index (χ3v) is 5.32. The number of rotatable bonds is 3. The first-order chi connectivity index (χ1) is 12.1. The van der Waals surface area contributed by atoms with Gasteiger partial charge in [0.1, 0.15) is 17.8 Å². The predicted molar refractivity (Wildman–Crippen MR) is 97.7 cm³/mol. The SMILES string of the molecule is O=C(C1=CC(c2conc2-c2cccc(F)c2P)=CC1)N1CCCC1. The van der Waals surface area contributed by atoms with Crippen LogP contribution < -0.4 is 5.30 Å². The molecule has 1 atom stereocenters. The summed E-state index contributed by atoms with van der Waals surface area (Å²) in [5.41, 5.74) is 3.71. The molecule has 128 valence electrons. The number of aromatic nitrogens is 1. The van der Waals surface area contributed by atoms with Gasteiger partial charge in [0.15, 0.2) is 0 Å². The van der Waals surface area contributed by atoms with Crippen LogP contribution in [0.2, 0.25) is 0 Å². The Morgan fingerprint density at radius 1 is 1.24 bits per heavy atom. The topological polar surface area (TPSA) is 46.3 Å². The van der Waals surface area contributed by atoms with E-state index in [1.54, 1.807) is 12.3 Å². The van der Waals surface area contributed by atoms with E-state index in [4.69, 9.17) is 4.52 Å². The minimum Gasteiger partial charge on any atom is -0.363 e. The van der Waals surface area contributed by atoms with Crippen molar-refractivity contribution in [3.05, 3.63) is 53.6 Å². The molecule has 1 aromatic heterocycles. The number of benzene rings is 1. The van der Waals surface area contributed by atoms with Crippen LogP contribution >= 0.6 is 9.24 Å². The Morgan fingerprint density at radius 2 is 2.04 bits per heavy atom. The monoisotopic (exact) mass is 356 g/mol. The lowest BCUT2D eigenvalue weighted by atomic mass is 10.0. The Morgan fingerprint density at radius 3 is 2.84 bits per heavy atom. The molecule has 0 saturated carbocycles. The van der Waals surface area contributed by atoms with E-state index in [1.165, 1.54) is 6.07 Å². The molecular formula is C19H18FN2O2P. The molecule has 0 N–H and O–H groups in total.